The first-order valence-corrected chi connectivity index (χ1v) is 9.96. The van der Waals surface area contributed by atoms with Crippen LogP contribution in [0.1, 0.15) is 44.8 Å². The number of ketones is 1. The monoisotopic (exact) mass is 384 g/mol. The number of hydrogen-bond donors (Lipinski definition) is 3. The van der Waals surface area contributed by atoms with Crippen molar-refractivity contribution in [3.8, 4) is 0 Å². The Bertz CT molecular complexity index is 785. The molecular formula is C18H24O7S. The molecule has 0 heterocycles. The number of hydrogen-bond acceptors (Lipinski definition) is 5. The van der Waals surface area contributed by atoms with Crippen molar-refractivity contribution in [1.82, 2.24) is 0 Å². The second kappa shape index (κ2) is 7.09. The molecule has 144 valence electrons. The highest BCUT2D eigenvalue weighted by Crippen LogP contribution is 2.64. The molecule has 3 rings (SSSR count). The fourth-order valence-electron chi connectivity index (χ4n) is 4.20. The summed E-state index contributed by atoms with van der Waals surface area (Å²) in [5.41, 5.74) is -0.717. The molecule has 2 fully saturated rings. The van der Waals surface area contributed by atoms with Crippen molar-refractivity contribution in [2.75, 3.05) is 5.75 Å². The summed E-state index contributed by atoms with van der Waals surface area (Å²) in [7, 11) is -4.08. The van der Waals surface area contributed by atoms with Crippen LogP contribution in [-0.2, 0) is 19.7 Å². The minimum atomic E-state index is -4.08. The van der Waals surface area contributed by atoms with E-state index < -0.39 is 33.4 Å². The van der Waals surface area contributed by atoms with E-state index in [0.717, 1.165) is 6.42 Å². The lowest BCUT2D eigenvalue weighted by molar-refractivity contribution is -0.147. The quantitative estimate of drug-likeness (QED) is 0.678. The van der Waals surface area contributed by atoms with Crippen LogP contribution in [0.5, 0.6) is 0 Å². The highest BCUT2D eigenvalue weighted by Gasteiger charge is 2.65. The lowest BCUT2D eigenvalue weighted by Gasteiger charge is -2.35. The maximum atomic E-state index is 11.9. The smallest absolute Gasteiger partial charge is 0.337 e. The Labute approximate surface area is 152 Å². The first-order chi connectivity index (χ1) is 11.9. The molecule has 3 N–H and O–H groups in total. The van der Waals surface area contributed by atoms with Gasteiger partial charge in [-0.2, -0.15) is 8.42 Å². The van der Waals surface area contributed by atoms with Gasteiger partial charge in [0.15, 0.2) is 6.10 Å². The normalized spacial score (nSPS) is 27.5. The molecule has 0 aromatic heterocycles. The Hall–Kier alpha value is -1.77. The van der Waals surface area contributed by atoms with Gasteiger partial charge in [-0.15, -0.1) is 0 Å². The van der Waals surface area contributed by atoms with Gasteiger partial charge < -0.3 is 10.2 Å². The summed E-state index contributed by atoms with van der Waals surface area (Å²) < 4.78 is 31.0. The summed E-state index contributed by atoms with van der Waals surface area (Å²) in [6, 6.07) is 8.26. The number of aliphatic hydroxyl groups is 1. The molecule has 3 unspecified atom stereocenters. The molecule has 8 heteroatoms. The van der Waals surface area contributed by atoms with E-state index in [4.69, 9.17) is 14.8 Å². The van der Waals surface area contributed by atoms with Gasteiger partial charge in [0.2, 0.25) is 0 Å². The van der Waals surface area contributed by atoms with Gasteiger partial charge in [0.1, 0.15) is 5.78 Å². The summed E-state index contributed by atoms with van der Waals surface area (Å²) in [5.74, 6) is -1.33. The third-order valence-electron chi connectivity index (χ3n) is 5.92. The van der Waals surface area contributed by atoms with Gasteiger partial charge in [-0.1, -0.05) is 44.2 Å². The van der Waals surface area contributed by atoms with Crippen molar-refractivity contribution in [2.45, 2.75) is 39.2 Å². The van der Waals surface area contributed by atoms with Gasteiger partial charge >= 0.3 is 5.97 Å². The summed E-state index contributed by atoms with van der Waals surface area (Å²) in [4.78, 5) is 22.1. The summed E-state index contributed by atoms with van der Waals surface area (Å²) in [6.45, 7) is 3.89. The number of aliphatic hydroxyl groups excluding tert-OH is 1. The zero-order chi connectivity index (χ0) is 19.8. The van der Waals surface area contributed by atoms with Gasteiger partial charge in [0.05, 0.1) is 11.2 Å². The van der Waals surface area contributed by atoms with E-state index in [0.29, 0.717) is 18.4 Å². The fraction of sp³-hybridized carbons (Fsp3) is 0.556. The minimum absolute atomic E-state index is 0.0152. The number of benzene rings is 1. The molecule has 2 aliphatic carbocycles. The lowest BCUT2D eigenvalue weighted by atomic mass is 9.70. The van der Waals surface area contributed by atoms with Gasteiger partial charge in [0.25, 0.3) is 10.1 Å². The molecule has 26 heavy (non-hydrogen) atoms. The van der Waals surface area contributed by atoms with E-state index in [2.05, 4.69) is 0 Å². The summed E-state index contributed by atoms with van der Waals surface area (Å²) in [6.07, 6.45) is 0.566. The van der Waals surface area contributed by atoms with Crippen molar-refractivity contribution >= 4 is 21.9 Å². The molecule has 0 spiro atoms. The van der Waals surface area contributed by atoms with Crippen LogP contribution >= 0.6 is 0 Å². The standard InChI is InChI=1S/C10H16O4S.C8H8O3/c1-9(2)7-3-4-10(9,8(11)5-7)6-15(12,13)14;9-7(8(10)11)6-4-2-1-3-5-6/h7H,3-6H2,1-2H3,(H,12,13,14);1-5,7,9H,(H,10,11). The van der Waals surface area contributed by atoms with Crippen molar-refractivity contribution in [2.24, 2.45) is 16.7 Å². The molecular weight excluding hydrogens is 360 g/mol. The van der Waals surface area contributed by atoms with Crippen LogP contribution in [0.3, 0.4) is 0 Å². The minimum Gasteiger partial charge on any atom is -0.479 e. The van der Waals surface area contributed by atoms with Gasteiger partial charge in [-0.05, 0) is 29.7 Å². The van der Waals surface area contributed by atoms with Crippen LogP contribution < -0.4 is 0 Å². The number of fused-ring (bicyclic) bond motifs is 2. The highest BCUT2D eigenvalue weighted by atomic mass is 32.2. The van der Waals surface area contributed by atoms with E-state index >= 15 is 0 Å². The third kappa shape index (κ3) is 3.82. The number of carboxylic acid groups (broad SMARTS) is 1. The van der Waals surface area contributed by atoms with Crippen molar-refractivity contribution in [1.29, 1.82) is 0 Å². The zero-order valence-electron chi connectivity index (χ0n) is 14.8. The second-order valence-electron chi connectivity index (χ2n) is 7.54. The van der Waals surface area contributed by atoms with Gasteiger partial charge in [0, 0.05) is 6.42 Å². The number of carboxylic acids is 1. The Balaban J connectivity index is 0.000000197. The van der Waals surface area contributed by atoms with Crippen LogP contribution in [0.2, 0.25) is 0 Å². The first kappa shape index (κ1) is 20.5. The number of Topliss-reactive ketones (excluding diaryl/α,β-unsaturated/α-hetero) is 1. The molecule has 2 saturated carbocycles. The van der Waals surface area contributed by atoms with E-state index in [-0.39, 0.29) is 17.1 Å². The average Bonchev–Trinajstić information content (AvgIpc) is 2.88. The van der Waals surface area contributed by atoms with E-state index in [1.807, 2.05) is 13.8 Å². The number of carbonyl (C=O) groups excluding carboxylic acids is 1. The van der Waals surface area contributed by atoms with Gasteiger partial charge in [-0.25, -0.2) is 4.79 Å². The zero-order valence-corrected chi connectivity index (χ0v) is 15.6. The maximum absolute atomic E-state index is 11.9. The molecule has 0 radical (unpaired) electrons. The predicted molar refractivity (Wildman–Crippen MR) is 94.0 cm³/mol. The molecule has 0 aliphatic heterocycles. The first-order valence-electron chi connectivity index (χ1n) is 8.35. The molecule has 7 nitrogen and oxygen atoms in total. The molecule has 3 atom stereocenters. The Kier molecular flexibility index (Phi) is 5.60. The van der Waals surface area contributed by atoms with Crippen LogP contribution in [0, 0.1) is 16.7 Å². The topological polar surface area (TPSA) is 129 Å². The number of rotatable bonds is 4. The highest BCUT2D eigenvalue weighted by molar-refractivity contribution is 7.85. The number of aliphatic carboxylic acids is 1. The van der Waals surface area contributed by atoms with Crippen molar-refractivity contribution < 1.29 is 32.8 Å². The lowest BCUT2D eigenvalue weighted by Crippen LogP contribution is -2.42. The molecule has 2 bridgehead atoms. The Morgan fingerprint density at radius 3 is 2.23 bits per heavy atom. The molecule has 0 amide bonds. The molecule has 1 aromatic rings. The number of carbonyl (C=O) groups is 2. The summed E-state index contributed by atoms with van der Waals surface area (Å²) >= 11 is 0. The average molecular weight is 384 g/mol. The van der Waals surface area contributed by atoms with E-state index in [9.17, 15) is 18.0 Å². The SMILES string of the molecule is CC1(C)C2CCC1(CS(=O)(=O)O)C(=O)C2.O=C(O)C(O)c1ccccc1. The largest absolute Gasteiger partial charge is 0.479 e. The Morgan fingerprint density at radius 2 is 1.85 bits per heavy atom. The maximum Gasteiger partial charge on any atom is 0.337 e. The molecule has 0 saturated heterocycles. The molecule has 2 aliphatic rings. The van der Waals surface area contributed by atoms with Crippen LogP contribution in [-0.4, -0.2) is 40.7 Å². The fourth-order valence-corrected chi connectivity index (χ4v) is 5.50. The van der Waals surface area contributed by atoms with Crippen molar-refractivity contribution in [3.63, 3.8) is 0 Å². The Morgan fingerprint density at radius 1 is 1.27 bits per heavy atom. The van der Waals surface area contributed by atoms with Crippen LogP contribution in [0.4, 0.5) is 0 Å². The second-order valence-corrected chi connectivity index (χ2v) is 9.00. The van der Waals surface area contributed by atoms with E-state index in [1.54, 1.807) is 30.3 Å². The van der Waals surface area contributed by atoms with Crippen molar-refractivity contribution in [3.05, 3.63) is 35.9 Å². The predicted octanol–water partition coefficient (Wildman–Crippen LogP) is 2.07. The third-order valence-corrected chi connectivity index (χ3v) is 6.77. The molecule has 1 aromatic carbocycles. The van der Waals surface area contributed by atoms with Crippen LogP contribution in [0.15, 0.2) is 30.3 Å². The van der Waals surface area contributed by atoms with E-state index in [1.165, 1.54) is 0 Å². The van der Waals surface area contributed by atoms with Crippen LogP contribution in [0.25, 0.3) is 0 Å². The summed E-state index contributed by atoms with van der Waals surface area (Å²) in [5, 5.41) is 17.4. The van der Waals surface area contributed by atoms with Gasteiger partial charge in [-0.3, -0.25) is 9.35 Å².